The molecule has 0 amide bonds. The summed E-state index contributed by atoms with van der Waals surface area (Å²) in [5.74, 6) is 0.206. The average molecular weight is 237 g/mol. The van der Waals surface area contributed by atoms with Gasteiger partial charge in [0.1, 0.15) is 0 Å². The first-order chi connectivity index (χ1) is 7.50. The normalized spacial score (nSPS) is 25.0. The highest BCUT2D eigenvalue weighted by atomic mass is 32.2. The first kappa shape index (κ1) is 11.2. The van der Waals surface area contributed by atoms with E-state index in [1.54, 1.807) is 6.20 Å². The fourth-order valence-electron chi connectivity index (χ4n) is 2.07. The van der Waals surface area contributed by atoms with E-state index < -0.39 is 10.0 Å². The van der Waals surface area contributed by atoms with E-state index in [2.05, 4.69) is 0 Å². The molecule has 86 valence electrons. The number of nitrogens with zero attached hydrogens (tertiary/aromatic N) is 1. The molecule has 0 N–H and O–H groups in total. The van der Waals surface area contributed by atoms with E-state index in [0.29, 0.717) is 0 Å². The Labute approximate surface area is 96.4 Å². The van der Waals surface area contributed by atoms with Crippen LogP contribution in [0.25, 0.3) is 0 Å². The van der Waals surface area contributed by atoms with Crippen LogP contribution in [0.3, 0.4) is 0 Å². The van der Waals surface area contributed by atoms with Crippen LogP contribution in [-0.4, -0.2) is 19.0 Å². The molecule has 1 aliphatic rings. The quantitative estimate of drug-likeness (QED) is 0.790. The van der Waals surface area contributed by atoms with Crippen molar-refractivity contribution in [1.29, 1.82) is 0 Å². The number of rotatable bonds is 2. The second-order valence-corrected chi connectivity index (χ2v) is 6.04. The molecule has 1 aromatic carbocycles. The predicted molar refractivity (Wildman–Crippen MR) is 64.2 cm³/mol. The van der Waals surface area contributed by atoms with E-state index in [0.717, 1.165) is 5.56 Å². The molecule has 1 aromatic rings. The fourth-order valence-corrected chi connectivity index (χ4v) is 3.09. The molecular weight excluding hydrogens is 222 g/mol. The maximum absolute atomic E-state index is 11.6. The van der Waals surface area contributed by atoms with Crippen molar-refractivity contribution in [3.63, 3.8) is 0 Å². The van der Waals surface area contributed by atoms with Crippen LogP contribution in [0.5, 0.6) is 0 Å². The van der Waals surface area contributed by atoms with Crippen molar-refractivity contribution in [3.05, 3.63) is 48.2 Å². The van der Waals surface area contributed by atoms with Gasteiger partial charge in [-0.05, 0) is 5.56 Å². The van der Waals surface area contributed by atoms with Gasteiger partial charge in [-0.2, -0.15) is 0 Å². The lowest BCUT2D eigenvalue weighted by Crippen LogP contribution is -2.28. The van der Waals surface area contributed by atoms with Crippen LogP contribution in [0.2, 0.25) is 0 Å². The van der Waals surface area contributed by atoms with Crippen molar-refractivity contribution in [1.82, 2.24) is 4.31 Å². The van der Waals surface area contributed by atoms with E-state index >= 15 is 0 Å². The highest BCUT2D eigenvalue weighted by Gasteiger charge is 2.32. The van der Waals surface area contributed by atoms with Crippen molar-refractivity contribution >= 4 is 10.0 Å². The van der Waals surface area contributed by atoms with Crippen molar-refractivity contribution < 1.29 is 8.42 Å². The van der Waals surface area contributed by atoms with Gasteiger partial charge in [0.25, 0.3) is 0 Å². The zero-order valence-electron chi connectivity index (χ0n) is 9.37. The molecule has 4 heteroatoms. The van der Waals surface area contributed by atoms with Gasteiger partial charge in [0.15, 0.2) is 0 Å². The summed E-state index contributed by atoms with van der Waals surface area (Å²) in [6.45, 7) is 2.03. The van der Waals surface area contributed by atoms with Gasteiger partial charge in [0.05, 0.1) is 12.3 Å². The summed E-state index contributed by atoms with van der Waals surface area (Å²) in [6.07, 6.45) is 4.84. The Balaban J connectivity index is 2.40. The van der Waals surface area contributed by atoms with Gasteiger partial charge in [0, 0.05) is 12.1 Å². The monoisotopic (exact) mass is 237 g/mol. The second kappa shape index (κ2) is 3.94. The fraction of sp³-hybridized carbons (Fsp3) is 0.333. The highest BCUT2D eigenvalue weighted by Crippen LogP contribution is 2.36. The van der Waals surface area contributed by atoms with E-state index in [-0.39, 0.29) is 12.0 Å². The van der Waals surface area contributed by atoms with Gasteiger partial charge in [-0.15, -0.1) is 0 Å². The molecule has 3 nitrogen and oxygen atoms in total. The smallest absolute Gasteiger partial charge is 0.232 e. The molecule has 0 fully saturated rings. The molecule has 0 unspecified atom stereocenters. The van der Waals surface area contributed by atoms with Crippen LogP contribution in [0.4, 0.5) is 0 Å². The van der Waals surface area contributed by atoms with Crippen molar-refractivity contribution in [2.45, 2.75) is 13.0 Å². The van der Waals surface area contributed by atoms with Gasteiger partial charge >= 0.3 is 0 Å². The van der Waals surface area contributed by atoms with E-state index in [1.807, 2.05) is 43.3 Å². The summed E-state index contributed by atoms with van der Waals surface area (Å²) in [5.41, 5.74) is 1.03. The molecule has 0 bridgehead atoms. The molecule has 0 spiro atoms. The minimum Gasteiger partial charge on any atom is -0.270 e. The topological polar surface area (TPSA) is 37.4 Å². The third kappa shape index (κ3) is 1.97. The summed E-state index contributed by atoms with van der Waals surface area (Å²) in [6, 6.07) is 9.62. The Kier molecular flexibility index (Phi) is 2.76. The highest BCUT2D eigenvalue weighted by molar-refractivity contribution is 7.88. The molecule has 0 aliphatic carbocycles. The van der Waals surface area contributed by atoms with E-state index in [9.17, 15) is 8.42 Å². The van der Waals surface area contributed by atoms with Crippen LogP contribution >= 0.6 is 0 Å². The standard InChI is InChI=1S/C12H15NO2S/c1-10-8-9-13(16(2,14)15)12(10)11-6-4-3-5-7-11/h3-10,12H,1-2H3/t10-,12-/m0/s1. The average Bonchev–Trinajstić information content (AvgIpc) is 2.61. The summed E-state index contributed by atoms with van der Waals surface area (Å²) < 4.78 is 24.7. The molecule has 1 aliphatic heterocycles. The zero-order chi connectivity index (χ0) is 11.8. The number of hydrogen-bond donors (Lipinski definition) is 0. The lowest BCUT2D eigenvalue weighted by Gasteiger charge is -2.26. The van der Waals surface area contributed by atoms with Crippen molar-refractivity contribution in [2.75, 3.05) is 6.26 Å². The lowest BCUT2D eigenvalue weighted by molar-refractivity contribution is 0.383. The third-order valence-corrected chi connectivity index (χ3v) is 3.95. The van der Waals surface area contributed by atoms with Gasteiger partial charge in [-0.1, -0.05) is 43.3 Å². The van der Waals surface area contributed by atoms with Gasteiger partial charge in [0.2, 0.25) is 10.0 Å². The molecule has 0 saturated carbocycles. The molecule has 2 rings (SSSR count). The number of benzene rings is 1. The van der Waals surface area contributed by atoms with Crippen LogP contribution in [0, 0.1) is 5.92 Å². The van der Waals surface area contributed by atoms with Gasteiger partial charge in [-0.3, -0.25) is 4.31 Å². The zero-order valence-corrected chi connectivity index (χ0v) is 10.2. The molecular formula is C12H15NO2S. The summed E-state index contributed by atoms with van der Waals surface area (Å²) in [4.78, 5) is 0. The maximum atomic E-state index is 11.6. The van der Waals surface area contributed by atoms with Crippen molar-refractivity contribution in [3.8, 4) is 0 Å². The van der Waals surface area contributed by atoms with Gasteiger partial charge in [-0.25, -0.2) is 8.42 Å². The summed E-state index contributed by atoms with van der Waals surface area (Å²) in [7, 11) is -3.19. The summed E-state index contributed by atoms with van der Waals surface area (Å²) in [5, 5.41) is 0. The summed E-state index contributed by atoms with van der Waals surface area (Å²) >= 11 is 0. The third-order valence-electron chi connectivity index (χ3n) is 2.83. The molecule has 0 radical (unpaired) electrons. The molecule has 2 atom stereocenters. The molecule has 0 saturated heterocycles. The van der Waals surface area contributed by atoms with Crippen LogP contribution in [-0.2, 0) is 10.0 Å². The first-order valence-corrected chi connectivity index (χ1v) is 7.07. The minimum atomic E-state index is -3.19. The SMILES string of the molecule is C[C@H]1C=CN(S(C)(=O)=O)[C@@H]1c1ccccc1. The van der Waals surface area contributed by atoms with E-state index in [1.165, 1.54) is 10.6 Å². The van der Waals surface area contributed by atoms with Crippen LogP contribution < -0.4 is 0 Å². The first-order valence-electron chi connectivity index (χ1n) is 5.22. The molecule has 16 heavy (non-hydrogen) atoms. The van der Waals surface area contributed by atoms with Crippen LogP contribution in [0.1, 0.15) is 18.5 Å². The Bertz CT molecular complexity index is 493. The Morgan fingerprint density at radius 1 is 1.19 bits per heavy atom. The van der Waals surface area contributed by atoms with Crippen LogP contribution in [0.15, 0.2) is 42.6 Å². The number of hydrogen-bond acceptors (Lipinski definition) is 2. The lowest BCUT2D eigenvalue weighted by atomic mass is 9.97. The predicted octanol–water partition coefficient (Wildman–Crippen LogP) is 2.15. The Hall–Kier alpha value is -1.29. The second-order valence-electron chi connectivity index (χ2n) is 4.15. The minimum absolute atomic E-state index is 0.101. The Morgan fingerprint density at radius 3 is 2.38 bits per heavy atom. The number of sulfonamides is 1. The largest absolute Gasteiger partial charge is 0.270 e. The molecule has 1 heterocycles. The Morgan fingerprint density at radius 2 is 1.81 bits per heavy atom. The van der Waals surface area contributed by atoms with E-state index in [4.69, 9.17) is 0 Å². The maximum Gasteiger partial charge on any atom is 0.232 e. The van der Waals surface area contributed by atoms with Gasteiger partial charge < -0.3 is 0 Å². The van der Waals surface area contributed by atoms with Crippen molar-refractivity contribution in [2.24, 2.45) is 5.92 Å². The molecule has 0 aromatic heterocycles.